The Bertz CT molecular complexity index is 433. The van der Waals surface area contributed by atoms with E-state index < -0.39 is 16.6 Å². The Balaban J connectivity index is 1.92. The normalized spacial score (nSPS) is 11.0. The van der Waals surface area contributed by atoms with E-state index in [-0.39, 0.29) is 5.69 Å². The monoisotopic (exact) mass is 267 g/mol. The maximum absolute atomic E-state index is 11.0. The number of nitrogens with one attached hydrogen (secondary N) is 1. The summed E-state index contributed by atoms with van der Waals surface area (Å²) in [4.78, 5) is 21.8. The molecule has 0 bridgehead atoms. The van der Waals surface area contributed by atoms with E-state index >= 15 is 0 Å². The number of unbranched alkanes of at least 4 members (excludes halogenated alkanes) is 8. The molecule has 0 saturated carbocycles. The third-order valence-corrected chi connectivity index (χ3v) is 3.47. The molecule has 0 amide bonds. The molecule has 0 unspecified atom stereocenters. The second-order valence-corrected chi connectivity index (χ2v) is 5.14. The lowest BCUT2D eigenvalue weighted by molar-refractivity contribution is 0.465. The molecule has 0 atom stereocenters. The summed E-state index contributed by atoms with van der Waals surface area (Å²) >= 11 is 0. The minimum Gasteiger partial charge on any atom is -0.502 e. The first-order chi connectivity index (χ1) is 9.18. The van der Waals surface area contributed by atoms with Crippen LogP contribution in [0.3, 0.4) is 0 Å². The Kier molecular flexibility index (Phi) is 7.23. The highest BCUT2D eigenvalue weighted by molar-refractivity contribution is 5.60. The summed E-state index contributed by atoms with van der Waals surface area (Å²) in [5.74, 6) is -0.402. The van der Waals surface area contributed by atoms with Gasteiger partial charge in [-0.3, -0.25) is 9.59 Å². The second-order valence-electron chi connectivity index (χ2n) is 5.14. The molecule has 2 N–H and O–H groups in total. The Morgan fingerprint density at radius 1 is 0.842 bits per heavy atom. The average molecular weight is 267 g/mol. The summed E-state index contributed by atoms with van der Waals surface area (Å²) in [5.41, 5.74) is -1.26. The van der Waals surface area contributed by atoms with Crippen molar-refractivity contribution in [2.24, 2.45) is 0 Å². The van der Waals surface area contributed by atoms with Crippen LogP contribution in [-0.2, 0) is 0 Å². The molecule has 108 valence electrons. The van der Waals surface area contributed by atoms with E-state index in [1.807, 2.05) is 0 Å². The van der Waals surface area contributed by atoms with Crippen molar-refractivity contribution in [2.75, 3.05) is 11.9 Å². The molecule has 0 saturated heterocycles. The molecule has 19 heavy (non-hydrogen) atoms. The van der Waals surface area contributed by atoms with Crippen molar-refractivity contribution in [3.8, 4) is 5.75 Å². The highest BCUT2D eigenvalue weighted by Crippen LogP contribution is 2.15. The molecule has 0 fully saturated rings. The molecule has 4 nitrogen and oxygen atoms in total. The number of hydrogen-bond donors (Lipinski definition) is 2. The van der Waals surface area contributed by atoms with E-state index in [4.69, 9.17) is 5.11 Å². The van der Waals surface area contributed by atoms with Crippen molar-refractivity contribution < 1.29 is 5.11 Å². The molecule has 0 aromatic heterocycles. The zero-order chi connectivity index (χ0) is 14.1. The highest BCUT2D eigenvalue weighted by atomic mass is 16.3. The predicted molar refractivity (Wildman–Crippen MR) is 78.7 cm³/mol. The van der Waals surface area contributed by atoms with Crippen molar-refractivity contribution in [2.45, 2.75) is 64.7 Å². The number of aromatic hydroxyl groups is 1. The number of anilines is 1. The maximum atomic E-state index is 11.0. The van der Waals surface area contributed by atoms with Crippen molar-refractivity contribution in [1.29, 1.82) is 0 Å². The molecular weight excluding hydrogens is 242 g/mol. The third kappa shape index (κ3) is 5.05. The van der Waals surface area contributed by atoms with Gasteiger partial charge >= 0.3 is 0 Å². The van der Waals surface area contributed by atoms with E-state index in [0.717, 1.165) is 12.8 Å². The largest absolute Gasteiger partial charge is 0.502 e. The second kappa shape index (κ2) is 8.73. The Labute approximate surface area is 114 Å². The van der Waals surface area contributed by atoms with Crippen LogP contribution in [0.25, 0.3) is 0 Å². The Morgan fingerprint density at radius 3 is 1.89 bits per heavy atom. The molecule has 0 heterocycles. The summed E-state index contributed by atoms with van der Waals surface area (Å²) < 4.78 is 0. The van der Waals surface area contributed by atoms with Crippen LogP contribution in [-0.4, -0.2) is 11.7 Å². The standard InChI is InChI=1S/C15H25NO3/c1-2-3-4-5-6-7-8-9-10-11-16-12-13(17)15(19)14(12)18/h16-17H,2-11H2,1H3. The van der Waals surface area contributed by atoms with Gasteiger partial charge < -0.3 is 10.4 Å². The van der Waals surface area contributed by atoms with Gasteiger partial charge in [0.2, 0.25) is 0 Å². The molecule has 1 rings (SSSR count). The molecule has 0 aliphatic carbocycles. The molecule has 0 spiro atoms. The summed E-state index contributed by atoms with van der Waals surface area (Å²) in [5, 5.41) is 12.0. The fraction of sp³-hybridized carbons (Fsp3) is 0.733. The fourth-order valence-corrected chi connectivity index (χ4v) is 2.19. The molecule has 0 aliphatic rings. The Morgan fingerprint density at radius 2 is 1.37 bits per heavy atom. The van der Waals surface area contributed by atoms with Crippen LogP contribution in [0, 0.1) is 0 Å². The van der Waals surface area contributed by atoms with Gasteiger partial charge in [-0.05, 0) is 6.42 Å². The van der Waals surface area contributed by atoms with Crippen LogP contribution >= 0.6 is 0 Å². The maximum Gasteiger partial charge on any atom is 0.271 e. The predicted octanol–water partition coefficient (Wildman–Crippen LogP) is 2.93. The summed E-state index contributed by atoms with van der Waals surface area (Å²) in [6.07, 6.45) is 11.2. The highest BCUT2D eigenvalue weighted by Gasteiger charge is 2.18. The fourth-order valence-electron chi connectivity index (χ4n) is 2.19. The molecular formula is C15H25NO3. The quantitative estimate of drug-likeness (QED) is 0.478. The summed E-state index contributed by atoms with van der Waals surface area (Å²) in [6, 6.07) is 0. The molecule has 1 aromatic rings. The first kappa shape index (κ1) is 15.7. The average Bonchev–Trinajstić information content (AvgIpc) is 2.43. The topological polar surface area (TPSA) is 66.4 Å². The summed E-state index contributed by atoms with van der Waals surface area (Å²) in [6.45, 7) is 2.87. The minimum absolute atomic E-state index is 0.101. The first-order valence-electron chi connectivity index (χ1n) is 7.44. The van der Waals surface area contributed by atoms with E-state index in [1.54, 1.807) is 0 Å². The Hall–Kier alpha value is -1.32. The smallest absolute Gasteiger partial charge is 0.271 e. The van der Waals surface area contributed by atoms with Crippen LogP contribution in [0.2, 0.25) is 0 Å². The van der Waals surface area contributed by atoms with Gasteiger partial charge in [0.25, 0.3) is 10.9 Å². The van der Waals surface area contributed by atoms with Crippen molar-refractivity contribution in [3.05, 3.63) is 20.4 Å². The zero-order valence-electron chi connectivity index (χ0n) is 11.8. The SMILES string of the molecule is CCCCCCCCCCCNc1c(O)c(=O)c1=O. The van der Waals surface area contributed by atoms with E-state index in [9.17, 15) is 9.59 Å². The van der Waals surface area contributed by atoms with Gasteiger partial charge in [0.15, 0.2) is 5.75 Å². The number of hydrogen-bond acceptors (Lipinski definition) is 4. The lowest BCUT2D eigenvalue weighted by Crippen LogP contribution is -2.33. The van der Waals surface area contributed by atoms with Crippen LogP contribution < -0.4 is 16.2 Å². The van der Waals surface area contributed by atoms with Crippen molar-refractivity contribution in [3.63, 3.8) is 0 Å². The van der Waals surface area contributed by atoms with E-state index in [0.29, 0.717) is 6.54 Å². The van der Waals surface area contributed by atoms with Gasteiger partial charge in [-0.15, -0.1) is 0 Å². The van der Waals surface area contributed by atoms with Crippen molar-refractivity contribution in [1.82, 2.24) is 0 Å². The van der Waals surface area contributed by atoms with E-state index in [1.165, 1.54) is 44.9 Å². The van der Waals surface area contributed by atoms with Gasteiger partial charge in [0.05, 0.1) is 0 Å². The number of rotatable bonds is 11. The minimum atomic E-state index is -0.769. The first-order valence-corrected chi connectivity index (χ1v) is 7.44. The van der Waals surface area contributed by atoms with Gasteiger partial charge in [-0.1, -0.05) is 58.3 Å². The molecule has 4 heteroatoms. The van der Waals surface area contributed by atoms with Gasteiger partial charge in [0, 0.05) is 6.54 Å². The molecule has 0 radical (unpaired) electrons. The van der Waals surface area contributed by atoms with E-state index in [2.05, 4.69) is 12.2 Å². The van der Waals surface area contributed by atoms with Gasteiger partial charge in [0.1, 0.15) is 5.69 Å². The zero-order valence-corrected chi connectivity index (χ0v) is 11.8. The third-order valence-electron chi connectivity index (χ3n) is 3.47. The summed E-state index contributed by atoms with van der Waals surface area (Å²) in [7, 11) is 0. The molecule has 1 aromatic carbocycles. The van der Waals surface area contributed by atoms with Crippen LogP contribution in [0.1, 0.15) is 64.7 Å². The van der Waals surface area contributed by atoms with Crippen LogP contribution in [0.15, 0.2) is 9.59 Å². The van der Waals surface area contributed by atoms with Crippen LogP contribution in [0.5, 0.6) is 5.75 Å². The van der Waals surface area contributed by atoms with Crippen molar-refractivity contribution >= 4 is 5.69 Å². The molecule has 0 aliphatic heterocycles. The lowest BCUT2D eigenvalue weighted by Gasteiger charge is -2.08. The van der Waals surface area contributed by atoms with Gasteiger partial charge in [-0.2, -0.15) is 0 Å². The lowest BCUT2D eigenvalue weighted by atomic mass is 10.1. The van der Waals surface area contributed by atoms with Crippen LogP contribution in [0.4, 0.5) is 5.69 Å². The van der Waals surface area contributed by atoms with Gasteiger partial charge in [-0.25, -0.2) is 0 Å².